The smallest absolute Gasteiger partial charge is 0.231 e. The highest BCUT2D eigenvalue weighted by molar-refractivity contribution is 6.30. The van der Waals surface area contributed by atoms with Crippen LogP contribution in [0.3, 0.4) is 0 Å². The summed E-state index contributed by atoms with van der Waals surface area (Å²) in [7, 11) is 0. The first-order chi connectivity index (χ1) is 18.7. The number of pyridine rings is 1. The fraction of sp³-hybridized carbons (Fsp3) is 0.375. The lowest BCUT2D eigenvalue weighted by molar-refractivity contribution is -0.122. The number of fused-ring (bicyclic) bond motifs is 2. The van der Waals surface area contributed by atoms with Crippen molar-refractivity contribution in [3.05, 3.63) is 94.3 Å². The Morgan fingerprint density at radius 2 is 2.00 bits per heavy atom. The van der Waals surface area contributed by atoms with E-state index in [1.807, 2.05) is 60.4 Å². The lowest BCUT2D eigenvalue weighted by atomic mass is 9.90. The standard InChI is InChI=1S/C32H36ClN3O3/c1-4-36(25-12-10-24(33)11-13-25)31(37)22-15-18-35(20-22)17-6-8-26-27-7-5-16-34-29(27)21-39-30-14-9-23(19-28(26)30)32(2,3)38/h5,7-14,16,19,22,38H,4,6,15,17-18,20-21H2,1-3H3. The summed E-state index contributed by atoms with van der Waals surface area (Å²) < 4.78 is 6.12. The van der Waals surface area contributed by atoms with Crippen molar-refractivity contribution in [2.45, 2.75) is 45.8 Å². The summed E-state index contributed by atoms with van der Waals surface area (Å²) in [6.45, 7) is 9.15. The summed E-state index contributed by atoms with van der Waals surface area (Å²) in [5, 5.41) is 11.3. The monoisotopic (exact) mass is 545 g/mol. The molecule has 7 heteroatoms. The zero-order chi connectivity index (χ0) is 27.6. The van der Waals surface area contributed by atoms with Crippen LogP contribution in [0.2, 0.25) is 5.02 Å². The number of carbonyl (C=O) groups excluding carboxylic acids is 1. The van der Waals surface area contributed by atoms with E-state index in [0.29, 0.717) is 18.2 Å². The molecule has 2 aliphatic heterocycles. The second-order valence-corrected chi connectivity index (χ2v) is 11.2. The molecule has 3 heterocycles. The molecule has 5 rings (SSSR count). The van der Waals surface area contributed by atoms with E-state index in [0.717, 1.165) is 71.9 Å². The van der Waals surface area contributed by atoms with Crippen molar-refractivity contribution in [2.24, 2.45) is 5.92 Å². The van der Waals surface area contributed by atoms with Gasteiger partial charge in [0.2, 0.25) is 5.91 Å². The molecule has 0 spiro atoms. The van der Waals surface area contributed by atoms with Crippen LogP contribution in [-0.2, 0) is 17.0 Å². The summed E-state index contributed by atoms with van der Waals surface area (Å²) in [6, 6.07) is 17.4. The van der Waals surface area contributed by atoms with Crippen LogP contribution >= 0.6 is 11.6 Å². The van der Waals surface area contributed by atoms with Gasteiger partial charge in [-0.3, -0.25) is 9.78 Å². The third-order valence-electron chi connectivity index (χ3n) is 7.66. The van der Waals surface area contributed by atoms with Gasteiger partial charge in [-0.05, 0) is 93.8 Å². The number of anilines is 1. The number of halogens is 1. The third kappa shape index (κ3) is 6.03. The Morgan fingerprint density at radius 3 is 2.74 bits per heavy atom. The predicted molar refractivity (Wildman–Crippen MR) is 156 cm³/mol. The van der Waals surface area contributed by atoms with Crippen molar-refractivity contribution in [1.29, 1.82) is 0 Å². The second kappa shape index (κ2) is 11.5. The highest BCUT2D eigenvalue weighted by atomic mass is 35.5. The Labute approximate surface area is 235 Å². The molecule has 0 saturated carbocycles. The number of benzene rings is 2. The maximum Gasteiger partial charge on any atom is 0.231 e. The molecule has 1 saturated heterocycles. The van der Waals surface area contributed by atoms with Gasteiger partial charge in [0, 0.05) is 47.7 Å². The summed E-state index contributed by atoms with van der Waals surface area (Å²) in [5.41, 5.74) is 4.77. The van der Waals surface area contributed by atoms with Crippen LogP contribution in [0.25, 0.3) is 5.57 Å². The minimum Gasteiger partial charge on any atom is -0.487 e. The molecule has 39 heavy (non-hydrogen) atoms. The van der Waals surface area contributed by atoms with Crippen molar-refractivity contribution < 1.29 is 14.6 Å². The minimum atomic E-state index is -0.959. The highest BCUT2D eigenvalue weighted by Crippen LogP contribution is 2.38. The average Bonchev–Trinajstić information content (AvgIpc) is 3.34. The van der Waals surface area contributed by atoms with E-state index in [4.69, 9.17) is 16.3 Å². The molecule has 6 nitrogen and oxygen atoms in total. The van der Waals surface area contributed by atoms with Gasteiger partial charge in [-0.25, -0.2) is 0 Å². The maximum atomic E-state index is 13.4. The number of rotatable bonds is 7. The van der Waals surface area contributed by atoms with Crippen molar-refractivity contribution in [3.63, 3.8) is 0 Å². The maximum absolute atomic E-state index is 13.4. The van der Waals surface area contributed by atoms with Gasteiger partial charge in [-0.2, -0.15) is 0 Å². The van der Waals surface area contributed by atoms with Crippen LogP contribution in [0.4, 0.5) is 5.69 Å². The van der Waals surface area contributed by atoms with Crippen molar-refractivity contribution in [2.75, 3.05) is 31.1 Å². The molecule has 0 radical (unpaired) electrons. The Kier molecular flexibility index (Phi) is 8.08. The van der Waals surface area contributed by atoms with Gasteiger partial charge in [0.25, 0.3) is 0 Å². The van der Waals surface area contributed by atoms with Gasteiger partial charge < -0.3 is 19.6 Å². The average molecular weight is 546 g/mol. The van der Waals surface area contributed by atoms with Crippen molar-refractivity contribution >= 4 is 28.8 Å². The number of nitrogens with zero attached hydrogens (tertiary/aromatic N) is 3. The fourth-order valence-electron chi connectivity index (χ4n) is 5.49. The number of ether oxygens (including phenoxy) is 1. The lowest BCUT2D eigenvalue weighted by Crippen LogP contribution is -2.37. The molecule has 0 aliphatic carbocycles. The Hall–Kier alpha value is -3.19. The van der Waals surface area contributed by atoms with E-state index in [9.17, 15) is 9.90 Å². The van der Waals surface area contributed by atoms with Crippen molar-refractivity contribution in [1.82, 2.24) is 9.88 Å². The number of hydrogen-bond acceptors (Lipinski definition) is 5. The molecule has 1 fully saturated rings. The number of carbonyl (C=O) groups is 1. The lowest BCUT2D eigenvalue weighted by Gasteiger charge is -2.24. The molecule has 3 aromatic rings. The summed E-state index contributed by atoms with van der Waals surface area (Å²) in [6.07, 6.45) is 5.73. The topological polar surface area (TPSA) is 65.9 Å². The van der Waals surface area contributed by atoms with Gasteiger partial charge in [-0.1, -0.05) is 29.8 Å². The largest absolute Gasteiger partial charge is 0.487 e. The zero-order valence-electron chi connectivity index (χ0n) is 22.9. The Bertz CT molecular complexity index is 1360. The van der Waals surface area contributed by atoms with Gasteiger partial charge in [-0.15, -0.1) is 0 Å². The molecule has 0 bridgehead atoms. The van der Waals surface area contributed by atoms with E-state index in [1.165, 1.54) is 0 Å². The van der Waals surface area contributed by atoms with E-state index < -0.39 is 5.60 Å². The SMILES string of the molecule is CCN(C(=O)C1CCN(CCC=C2c3cc(C(C)(C)O)ccc3OCc3ncccc32)C1)c1ccc(Cl)cc1. The van der Waals surface area contributed by atoms with Gasteiger partial charge >= 0.3 is 0 Å². The fourth-order valence-corrected chi connectivity index (χ4v) is 5.62. The molecular weight excluding hydrogens is 510 g/mol. The van der Waals surface area contributed by atoms with E-state index in [-0.39, 0.29) is 11.8 Å². The minimum absolute atomic E-state index is 0.0143. The van der Waals surface area contributed by atoms with Gasteiger partial charge in [0.05, 0.1) is 17.2 Å². The molecule has 2 aromatic carbocycles. The van der Waals surface area contributed by atoms with Crippen LogP contribution in [0.1, 0.15) is 56.0 Å². The first-order valence-electron chi connectivity index (χ1n) is 13.7. The molecule has 204 valence electrons. The second-order valence-electron chi connectivity index (χ2n) is 10.8. The molecule has 1 N–H and O–H groups in total. The van der Waals surface area contributed by atoms with Crippen LogP contribution in [-0.4, -0.2) is 47.1 Å². The molecule has 1 amide bonds. The van der Waals surface area contributed by atoms with Gasteiger partial charge in [0.15, 0.2) is 0 Å². The zero-order valence-corrected chi connectivity index (χ0v) is 23.6. The number of aliphatic hydroxyl groups is 1. The van der Waals surface area contributed by atoms with Crippen LogP contribution < -0.4 is 9.64 Å². The number of amides is 1. The molecule has 1 aromatic heterocycles. The van der Waals surface area contributed by atoms with E-state index in [2.05, 4.69) is 22.0 Å². The number of aromatic nitrogens is 1. The van der Waals surface area contributed by atoms with Crippen LogP contribution in [0.5, 0.6) is 5.75 Å². The normalized spacial score (nSPS) is 18.3. The Balaban J connectivity index is 1.32. The predicted octanol–water partition coefficient (Wildman–Crippen LogP) is 6.05. The first-order valence-corrected chi connectivity index (χ1v) is 14.1. The third-order valence-corrected chi connectivity index (χ3v) is 7.91. The Morgan fingerprint density at radius 1 is 1.21 bits per heavy atom. The molecule has 2 aliphatic rings. The van der Waals surface area contributed by atoms with E-state index in [1.54, 1.807) is 20.0 Å². The highest BCUT2D eigenvalue weighted by Gasteiger charge is 2.31. The molecule has 1 atom stereocenters. The van der Waals surface area contributed by atoms with Crippen molar-refractivity contribution in [3.8, 4) is 5.75 Å². The first kappa shape index (κ1) is 27.4. The van der Waals surface area contributed by atoms with Gasteiger partial charge in [0.1, 0.15) is 12.4 Å². The summed E-state index contributed by atoms with van der Waals surface area (Å²) in [5.74, 6) is 0.954. The number of likely N-dealkylation sites (tertiary alicyclic amines) is 1. The summed E-state index contributed by atoms with van der Waals surface area (Å²) >= 11 is 6.05. The van der Waals surface area contributed by atoms with Crippen LogP contribution in [0.15, 0.2) is 66.9 Å². The van der Waals surface area contributed by atoms with E-state index >= 15 is 0 Å². The quantitative estimate of drug-likeness (QED) is 0.391. The van der Waals surface area contributed by atoms with Crippen LogP contribution in [0, 0.1) is 5.92 Å². The molecule has 1 unspecified atom stereocenters. The summed E-state index contributed by atoms with van der Waals surface area (Å²) in [4.78, 5) is 22.2. The number of hydrogen-bond donors (Lipinski definition) is 1. The molecular formula is C32H36ClN3O3.